The molecule has 1 aromatic carbocycles. The number of benzene rings is 1. The zero-order chi connectivity index (χ0) is 26.7. The molecule has 1 saturated heterocycles. The van der Waals surface area contributed by atoms with Crippen LogP contribution < -0.4 is 4.74 Å². The molecule has 0 unspecified atom stereocenters. The van der Waals surface area contributed by atoms with Gasteiger partial charge in [-0.3, -0.25) is 14.4 Å². The van der Waals surface area contributed by atoms with Crippen molar-refractivity contribution in [2.24, 2.45) is 12.5 Å². The maximum atomic E-state index is 15.5. The predicted octanol–water partition coefficient (Wildman–Crippen LogP) is 4.34. The van der Waals surface area contributed by atoms with Crippen LogP contribution in [0.3, 0.4) is 0 Å². The molecule has 1 aromatic heterocycles. The Morgan fingerprint density at radius 1 is 1.32 bits per heavy atom. The van der Waals surface area contributed by atoms with Crippen molar-refractivity contribution in [2.75, 3.05) is 19.6 Å². The summed E-state index contributed by atoms with van der Waals surface area (Å²) in [5, 5.41) is 8.38. The summed E-state index contributed by atoms with van der Waals surface area (Å²) in [6, 6.07) is 0.572. The van der Waals surface area contributed by atoms with Gasteiger partial charge in [-0.1, -0.05) is 16.8 Å². The van der Waals surface area contributed by atoms with Crippen molar-refractivity contribution in [3.8, 4) is 5.75 Å². The Kier molecular flexibility index (Phi) is 6.37. The van der Waals surface area contributed by atoms with Gasteiger partial charge in [-0.25, -0.2) is 9.18 Å². The molecule has 0 radical (unpaired) electrons. The van der Waals surface area contributed by atoms with Crippen LogP contribution in [0.5, 0.6) is 5.75 Å². The minimum absolute atomic E-state index is 0.00439. The smallest absolute Gasteiger partial charge is 0.410 e. The zero-order valence-corrected chi connectivity index (χ0v) is 22.7. The van der Waals surface area contributed by atoms with Gasteiger partial charge in [0.1, 0.15) is 17.9 Å². The fourth-order valence-electron chi connectivity index (χ4n) is 5.27. The minimum atomic E-state index is -0.716. The molecular weight excluding hydrogens is 501 g/mol. The van der Waals surface area contributed by atoms with Gasteiger partial charge >= 0.3 is 6.09 Å². The molecule has 3 aliphatic rings. The number of aryl methyl sites for hydroxylation is 1. The van der Waals surface area contributed by atoms with Crippen molar-refractivity contribution < 1.29 is 23.5 Å². The molecule has 5 rings (SSSR count). The zero-order valence-electron chi connectivity index (χ0n) is 21.9. The molecule has 200 valence electrons. The normalized spacial score (nSPS) is 20.4. The number of halogens is 2. The first-order valence-corrected chi connectivity index (χ1v) is 13.0. The molecule has 0 bridgehead atoms. The van der Waals surface area contributed by atoms with Crippen molar-refractivity contribution in [1.82, 2.24) is 24.8 Å². The largest absolute Gasteiger partial charge is 0.484 e. The number of carbonyl (C=O) groups is 2. The molecule has 37 heavy (non-hydrogen) atoms. The molecule has 2 aromatic rings. The monoisotopic (exact) mass is 533 g/mol. The van der Waals surface area contributed by atoms with E-state index >= 15 is 4.39 Å². The lowest BCUT2D eigenvalue weighted by molar-refractivity contribution is -0.128. The Labute approximate surface area is 220 Å². The van der Waals surface area contributed by atoms with Crippen LogP contribution in [0.15, 0.2) is 6.07 Å². The molecule has 0 N–H and O–H groups in total. The van der Waals surface area contributed by atoms with Gasteiger partial charge in [-0.2, -0.15) is 0 Å². The second-order valence-electron chi connectivity index (χ2n) is 11.5. The first-order valence-electron chi connectivity index (χ1n) is 12.6. The van der Waals surface area contributed by atoms with Crippen LogP contribution in [0.4, 0.5) is 9.18 Å². The number of rotatable bonds is 5. The number of hydrogen-bond donors (Lipinski definition) is 0. The van der Waals surface area contributed by atoms with E-state index in [2.05, 4.69) is 10.3 Å². The quantitative estimate of drug-likeness (QED) is 0.568. The van der Waals surface area contributed by atoms with Crippen LogP contribution in [0.25, 0.3) is 0 Å². The summed E-state index contributed by atoms with van der Waals surface area (Å²) in [5.74, 6) is -0.572. The van der Waals surface area contributed by atoms with E-state index in [1.165, 1.54) is 6.07 Å². The predicted molar refractivity (Wildman–Crippen MR) is 134 cm³/mol. The lowest BCUT2D eigenvalue weighted by Gasteiger charge is -2.40. The summed E-state index contributed by atoms with van der Waals surface area (Å²) >= 11 is 6.53. The van der Waals surface area contributed by atoms with E-state index in [0.29, 0.717) is 42.8 Å². The summed E-state index contributed by atoms with van der Waals surface area (Å²) < 4.78 is 28.8. The first kappa shape index (κ1) is 25.8. The highest BCUT2D eigenvalue weighted by Gasteiger charge is 2.52. The van der Waals surface area contributed by atoms with Gasteiger partial charge in [0, 0.05) is 43.7 Å². The molecular formula is C26H33ClFN5O4. The Bertz CT molecular complexity index is 1250. The summed E-state index contributed by atoms with van der Waals surface area (Å²) in [5.41, 5.74) is 1.90. The van der Waals surface area contributed by atoms with Gasteiger partial charge in [0.15, 0.2) is 11.6 Å². The van der Waals surface area contributed by atoms with Gasteiger partial charge in [-0.15, -0.1) is 5.10 Å². The molecule has 3 heterocycles. The lowest BCUT2D eigenvalue weighted by atomic mass is 9.91. The van der Waals surface area contributed by atoms with E-state index in [1.54, 1.807) is 42.3 Å². The van der Waals surface area contributed by atoms with Crippen LogP contribution in [-0.2, 0) is 29.6 Å². The number of ether oxygens (including phenoxy) is 2. The van der Waals surface area contributed by atoms with Gasteiger partial charge in [0.05, 0.1) is 11.7 Å². The van der Waals surface area contributed by atoms with Crippen LogP contribution >= 0.6 is 11.6 Å². The summed E-state index contributed by atoms with van der Waals surface area (Å²) in [6.45, 7) is 8.42. The topological polar surface area (TPSA) is 89.8 Å². The number of aromatic nitrogens is 3. The molecule has 9 nitrogen and oxygen atoms in total. The van der Waals surface area contributed by atoms with Crippen molar-refractivity contribution in [3.63, 3.8) is 0 Å². The Morgan fingerprint density at radius 2 is 2.05 bits per heavy atom. The highest BCUT2D eigenvalue weighted by atomic mass is 35.5. The fraction of sp³-hybridized carbons (Fsp3) is 0.615. The summed E-state index contributed by atoms with van der Waals surface area (Å²) in [4.78, 5) is 29.7. The number of likely N-dealkylation sites (tertiary alicyclic amines) is 1. The third kappa shape index (κ3) is 5.00. The van der Waals surface area contributed by atoms with Gasteiger partial charge < -0.3 is 14.4 Å². The second kappa shape index (κ2) is 9.15. The van der Waals surface area contributed by atoms with Crippen LogP contribution in [0.2, 0.25) is 5.02 Å². The third-order valence-corrected chi connectivity index (χ3v) is 7.92. The molecule has 1 saturated carbocycles. The average Bonchev–Trinajstić information content (AvgIpc) is 3.38. The van der Waals surface area contributed by atoms with Crippen molar-refractivity contribution in [2.45, 2.75) is 71.6 Å². The standard InChI is InChI=1S/C26H33ClFN5O4/c1-15-19(29-30-31(15)5)13-36-23-18(28)10-17(27)16-6-9-33(24(35)37-25(2,3)4)20(22(16)23)12-32-14-26(7-8-26)11-21(32)34/h10,20H,6-9,11-14H2,1-5H3/t20-/m1/s1. The van der Waals surface area contributed by atoms with E-state index in [4.69, 9.17) is 21.1 Å². The molecule has 2 fully saturated rings. The summed E-state index contributed by atoms with van der Waals surface area (Å²) in [6.07, 6.45) is 2.45. The van der Waals surface area contributed by atoms with Gasteiger partial charge in [-0.05, 0) is 64.0 Å². The molecule has 1 spiro atoms. The first-order chi connectivity index (χ1) is 17.4. The van der Waals surface area contributed by atoms with Crippen LogP contribution in [-0.4, -0.2) is 62.0 Å². The van der Waals surface area contributed by atoms with E-state index in [9.17, 15) is 9.59 Å². The van der Waals surface area contributed by atoms with Gasteiger partial charge in [0.25, 0.3) is 0 Å². The third-order valence-electron chi connectivity index (χ3n) is 7.58. The SMILES string of the molecule is Cc1c(COc2c(F)cc(Cl)c3c2[C@@H](CN2CC4(CC4)CC2=O)N(C(=O)OC(C)(C)C)CC3)nnn1C. The Hall–Kier alpha value is -2.88. The van der Waals surface area contributed by atoms with E-state index in [0.717, 1.165) is 18.5 Å². The summed E-state index contributed by atoms with van der Waals surface area (Å²) in [7, 11) is 1.77. The lowest BCUT2D eigenvalue weighted by Crippen LogP contribution is -2.47. The highest BCUT2D eigenvalue weighted by molar-refractivity contribution is 6.31. The number of amides is 2. The van der Waals surface area contributed by atoms with Crippen molar-refractivity contribution >= 4 is 23.6 Å². The Morgan fingerprint density at radius 3 is 2.65 bits per heavy atom. The van der Waals surface area contributed by atoms with Crippen LogP contribution in [0.1, 0.15) is 68.6 Å². The maximum Gasteiger partial charge on any atom is 0.410 e. The second-order valence-corrected chi connectivity index (χ2v) is 11.9. The van der Waals surface area contributed by atoms with E-state index in [1.807, 2.05) is 6.92 Å². The number of hydrogen-bond acceptors (Lipinski definition) is 6. The molecule has 1 atom stereocenters. The molecule has 1 aliphatic carbocycles. The molecule has 11 heteroatoms. The fourth-order valence-corrected chi connectivity index (χ4v) is 5.57. The number of fused-ring (bicyclic) bond motifs is 1. The number of carbonyl (C=O) groups excluding carboxylic acids is 2. The number of nitrogens with zero attached hydrogens (tertiary/aromatic N) is 5. The van der Waals surface area contributed by atoms with E-state index in [-0.39, 0.29) is 35.2 Å². The minimum Gasteiger partial charge on any atom is -0.484 e. The van der Waals surface area contributed by atoms with E-state index < -0.39 is 23.6 Å². The molecule has 2 amide bonds. The average molecular weight is 534 g/mol. The van der Waals surface area contributed by atoms with Crippen LogP contribution in [0, 0.1) is 18.2 Å². The van der Waals surface area contributed by atoms with Gasteiger partial charge in [0.2, 0.25) is 5.91 Å². The highest BCUT2D eigenvalue weighted by Crippen LogP contribution is 2.54. The van der Waals surface area contributed by atoms with Crippen molar-refractivity contribution in [3.05, 3.63) is 39.4 Å². The molecule has 2 aliphatic heterocycles. The maximum absolute atomic E-state index is 15.5. The Balaban J connectivity index is 1.54. The van der Waals surface area contributed by atoms with Crippen molar-refractivity contribution in [1.29, 1.82) is 0 Å².